The maximum Gasteiger partial charge on any atom is 0.253 e. The van der Waals surface area contributed by atoms with Gasteiger partial charge in [0.2, 0.25) is 6.79 Å². The van der Waals surface area contributed by atoms with Crippen molar-refractivity contribution in [3.8, 4) is 11.5 Å². The molecule has 1 fully saturated rings. The zero-order chi connectivity index (χ0) is 14.1. The highest BCUT2D eigenvalue weighted by Crippen LogP contribution is 2.33. The van der Waals surface area contributed by atoms with E-state index in [0.717, 1.165) is 25.9 Å². The van der Waals surface area contributed by atoms with Crippen molar-refractivity contribution < 1.29 is 14.3 Å². The summed E-state index contributed by atoms with van der Waals surface area (Å²) in [5, 5.41) is 0. The lowest BCUT2D eigenvalue weighted by molar-refractivity contribution is 0.0659. The SMILES string of the molecule is CN1CCC(N(C)C(=O)c2ccc3c(c2)OCO3)CC1. The van der Waals surface area contributed by atoms with E-state index in [9.17, 15) is 4.79 Å². The molecule has 1 aromatic carbocycles. The fourth-order valence-corrected chi connectivity index (χ4v) is 2.78. The number of hydrogen-bond acceptors (Lipinski definition) is 4. The third kappa shape index (κ3) is 2.45. The molecule has 0 radical (unpaired) electrons. The monoisotopic (exact) mass is 276 g/mol. The first-order valence-electron chi connectivity index (χ1n) is 7.00. The Bertz CT molecular complexity index is 510. The van der Waals surface area contributed by atoms with E-state index in [2.05, 4.69) is 11.9 Å². The number of ether oxygens (including phenoxy) is 2. The van der Waals surface area contributed by atoms with Crippen molar-refractivity contribution in [2.45, 2.75) is 18.9 Å². The molecule has 2 heterocycles. The summed E-state index contributed by atoms with van der Waals surface area (Å²) in [5.74, 6) is 1.42. The molecule has 0 aromatic heterocycles. The van der Waals surface area contributed by atoms with E-state index in [4.69, 9.17) is 9.47 Å². The van der Waals surface area contributed by atoms with Crippen molar-refractivity contribution in [2.75, 3.05) is 34.0 Å². The van der Waals surface area contributed by atoms with Gasteiger partial charge < -0.3 is 19.3 Å². The first-order valence-corrected chi connectivity index (χ1v) is 7.00. The summed E-state index contributed by atoms with van der Waals surface area (Å²) in [6.07, 6.45) is 2.06. The molecule has 2 aliphatic rings. The first kappa shape index (κ1) is 13.2. The van der Waals surface area contributed by atoms with Gasteiger partial charge in [0.15, 0.2) is 11.5 Å². The Labute approximate surface area is 119 Å². The highest BCUT2D eigenvalue weighted by molar-refractivity contribution is 5.95. The van der Waals surface area contributed by atoms with Gasteiger partial charge in [-0.1, -0.05) is 0 Å². The third-order valence-electron chi connectivity index (χ3n) is 4.18. The van der Waals surface area contributed by atoms with E-state index in [1.165, 1.54) is 0 Å². The molecule has 20 heavy (non-hydrogen) atoms. The van der Waals surface area contributed by atoms with Crippen LogP contribution in [-0.2, 0) is 0 Å². The molecular weight excluding hydrogens is 256 g/mol. The van der Waals surface area contributed by atoms with E-state index >= 15 is 0 Å². The maximum absolute atomic E-state index is 12.5. The number of likely N-dealkylation sites (tertiary alicyclic amines) is 1. The standard InChI is InChI=1S/C15H20N2O3/c1-16-7-5-12(6-8-16)17(2)15(18)11-3-4-13-14(9-11)20-10-19-13/h3-4,9,12H,5-8,10H2,1-2H3. The molecule has 2 aliphatic heterocycles. The quantitative estimate of drug-likeness (QED) is 0.822. The maximum atomic E-state index is 12.5. The number of piperidine rings is 1. The molecule has 5 heteroatoms. The fourth-order valence-electron chi connectivity index (χ4n) is 2.78. The van der Waals surface area contributed by atoms with Gasteiger partial charge in [0.05, 0.1) is 0 Å². The van der Waals surface area contributed by atoms with Crippen LogP contribution in [0, 0.1) is 0 Å². The number of amides is 1. The highest BCUT2D eigenvalue weighted by Gasteiger charge is 2.25. The van der Waals surface area contributed by atoms with Gasteiger partial charge in [-0.3, -0.25) is 4.79 Å². The van der Waals surface area contributed by atoms with Crippen molar-refractivity contribution in [3.05, 3.63) is 23.8 Å². The molecule has 0 N–H and O–H groups in total. The largest absolute Gasteiger partial charge is 0.454 e. The van der Waals surface area contributed by atoms with Crippen LogP contribution in [0.15, 0.2) is 18.2 Å². The van der Waals surface area contributed by atoms with Crippen LogP contribution < -0.4 is 9.47 Å². The minimum atomic E-state index is 0.0536. The molecule has 1 saturated heterocycles. The molecule has 3 rings (SSSR count). The third-order valence-corrected chi connectivity index (χ3v) is 4.18. The minimum absolute atomic E-state index is 0.0536. The summed E-state index contributed by atoms with van der Waals surface area (Å²) in [6.45, 7) is 2.32. The van der Waals surface area contributed by atoms with Crippen molar-refractivity contribution in [1.82, 2.24) is 9.80 Å². The molecule has 1 aromatic rings. The lowest BCUT2D eigenvalue weighted by atomic mass is 10.0. The van der Waals surface area contributed by atoms with Gasteiger partial charge in [0.25, 0.3) is 5.91 Å². The Morgan fingerprint density at radius 3 is 2.70 bits per heavy atom. The van der Waals surface area contributed by atoms with Crippen molar-refractivity contribution in [1.29, 1.82) is 0 Å². The second kappa shape index (κ2) is 5.32. The molecule has 0 unspecified atom stereocenters. The molecule has 0 saturated carbocycles. The average molecular weight is 276 g/mol. The van der Waals surface area contributed by atoms with Crippen LogP contribution in [0.5, 0.6) is 11.5 Å². The summed E-state index contributed by atoms with van der Waals surface area (Å²) >= 11 is 0. The number of carbonyl (C=O) groups is 1. The van der Waals surface area contributed by atoms with Crippen LogP contribution in [0.25, 0.3) is 0 Å². The summed E-state index contributed by atoms with van der Waals surface area (Å²) < 4.78 is 10.6. The molecule has 0 bridgehead atoms. The molecule has 0 atom stereocenters. The van der Waals surface area contributed by atoms with Crippen molar-refractivity contribution in [2.24, 2.45) is 0 Å². The Hall–Kier alpha value is -1.75. The molecule has 1 amide bonds. The number of fused-ring (bicyclic) bond motifs is 1. The van der Waals surface area contributed by atoms with Gasteiger partial charge in [0.1, 0.15) is 0 Å². The van der Waals surface area contributed by atoms with Crippen LogP contribution >= 0.6 is 0 Å². The van der Waals surface area contributed by atoms with Crippen LogP contribution in [0.3, 0.4) is 0 Å². The number of benzene rings is 1. The van der Waals surface area contributed by atoms with Gasteiger partial charge in [-0.25, -0.2) is 0 Å². The van der Waals surface area contributed by atoms with E-state index in [0.29, 0.717) is 23.1 Å². The smallest absolute Gasteiger partial charge is 0.253 e. The van der Waals surface area contributed by atoms with E-state index in [1.54, 1.807) is 18.2 Å². The summed E-state index contributed by atoms with van der Waals surface area (Å²) in [4.78, 5) is 16.7. The van der Waals surface area contributed by atoms with Crippen LogP contribution in [0.1, 0.15) is 23.2 Å². The lowest BCUT2D eigenvalue weighted by Gasteiger charge is -2.35. The van der Waals surface area contributed by atoms with Gasteiger partial charge in [0, 0.05) is 18.7 Å². The molecule has 0 aliphatic carbocycles. The van der Waals surface area contributed by atoms with Gasteiger partial charge in [-0.05, 0) is 51.2 Å². The molecule has 108 valence electrons. The predicted octanol–water partition coefficient (Wildman–Crippen LogP) is 1.58. The van der Waals surface area contributed by atoms with Gasteiger partial charge >= 0.3 is 0 Å². The van der Waals surface area contributed by atoms with Crippen LogP contribution in [0.4, 0.5) is 0 Å². The summed E-state index contributed by atoms with van der Waals surface area (Å²) in [5.41, 5.74) is 0.663. The van der Waals surface area contributed by atoms with Crippen LogP contribution in [-0.4, -0.2) is 55.7 Å². The Morgan fingerprint density at radius 2 is 1.95 bits per heavy atom. The summed E-state index contributed by atoms with van der Waals surface area (Å²) in [7, 11) is 4.01. The number of hydrogen-bond donors (Lipinski definition) is 0. The average Bonchev–Trinajstić information content (AvgIpc) is 2.94. The second-order valence-electron chi connectivity index (χ2n) is 5.52. The zero-order valence-electron chi connectivity index (χ0n) is 12.0. The second-order valence-corrected chi connectivity index (χ2v) is 5.52. The molecular formula is C15H20N2O3. The number of nitrogens with zero attached hydrogens (tertiary/aromatic N) is 2. The van der Waals surface area contributed by atoms with Gasteiger partial charge in [-0.15, -0.1) is 0 Å². The van der Waals surface area contributed by atoms with E-state index in [1.807, 2.05) is 11.9 Å². The fraction of sp³-hybridized carbons (Fsp3) is 0.533. The lowest BCUT2D eigenvalue weighted by Crippen LogP contribution is -2.44. The highest BCUT2D eigenvalue weighted by atomic mass is 16.7. The van der Waals surface area contributed by atoms with E-state index in [-0.39, 0.29) is 12.7 Å². The molecule has 5 nitrogen and oxygen atoms in total. The topological polar surface area (TPSA) is 42.0 Å². The van der Waals surface area contributed by atoms with Crippen molar-refractivity contribution in [3.63, 3.8) is 0 Å². The Balaban J connectivity index is 1.72. The normalized spacial score (nSPS) is 19.1. The van der Waals surface area contributed by atoms with Crippen molar-refractivity contribution >= 4 is 5.91 Å². The van der Waals surface area contributed by atoms with Gasteiger partial charge in [-0.2, -0.15) is 0 Å². The Kier molecular flexibility index (Phi) is 3.53. The minimum Gasteiger partial charge on any atom is -0.454 e. The summed E-state index contributed by atoms with van der Waals surface area (Å²) in [6, 6.07) is 5.71. The Morgan fingerprint density at radius 1 is 1.25 bits per heavy atom. The zero-order valence-corrected chi connectivity index (χ0v) is 12.0. The molecule has 0 spiro atoms. The number of carbonyl (C=O) groups excluding carboxylic acids is 1. The van der Waals surface area contributed by atoms with E-state index < -0.39 is 0 Å². The number of rotatable bonds is 2. The predicted molar refractivity (Wildman–Crippen MR) is 75.2 cm³/mol. The van der Waals surface area contributed by atoms with Crippen LogP contribution in [0.2, 0.25) is 0 Å². The first-order chi connectivity index (χ1) is 9.65.